The third kappa shape index (κ3) is 5.96. The SMILES string of the molecule is CCNC(=NCc1ccc(OC)c(OC)c1)NCc1ccnc2ccccc12.I. The van der Waals surface area contributed by atoms with Gasteiger partial charge in [0.25, 0.3) is 0 Å². The monoisotopic (exact) mass is 506 g/mol. The molecule has 6 nitrogen and oxygen atoms in total. The molecule has 0 radical (unpaired) electrons. The van der Waals surface area contributed by atoms with E-state index in [1.54, 1.807) is 14.2 Å². The number of halogens is 1. The highest BCUT2D eigenvalue weighted by Crippen LogP contribution is 2.27. The maximum Gasteiger partial charge on any atom is 0.191 e. The smallest absolute Gasteiger partial charge is 0.191 e. The van der Waals surface area contributed by atoms with Crippen LogP contribution in [0.2, 0.25) is 0 Å². The van der Waals surface area contributed by atoms with E-state index in [0.29, 0.717) is 24.6 Å². The van der Waals surface area contributed by atoms with Crippen molar-refractivity contribution in [2.24, 2.45) is 4.99 Å². The molecule has 1 heterocycles. The number of nitrogens with zero attached hydrogens (tertiary/aromatic N) is 2. The second-order valence-corrected chi connectivity index (χ2v) is 6.23. The molecule has 0 saturated carbocycles. The number of methoxy groups -OCH3 is 2. The Kier molecular flexibility index (Phi) is 8.98. The van der Waals surface area contributed by atoms with Crippen molar-refractivity contribution >= 4 is 40.8 Å². The maximum absolute atomic E-state index is 5.37. The van der Waals surface area contributed by atoms with E-state index in [2.05, 4.69) is 28.6 Å². The lowest BCUT2D eigenvalue weighted by Crippen LogP contribution is -2.36. The Morgan fingerprint density at radius 3 is 2.55 bits per heavy atom. The van der Waals surface area contributed by atoms with E-state index in [4.69, 9.17) is 14.5 Å². The minimum atomic E-state index is 0. The third-order valence-corrected chi connectivity index (χ3v) is 4.40. The lowest BCUT2D eigenvalue weighted by atomic mass is 10.1. The molecule has 2 N–H and O–H groups in total. The molecular formula is C22H27IN4O2. The predicted molar refractivity (Wildman–Crippen MR) is 128 cm³/mol. The Morgan fingerprint density at radius 1 is 1.00 bits per heavy atom. The van der Waals surface area contributed by atoms with Gasteiger partial charge in [-0.05, 0) is 42.3 Å². The molecular weight excluding hydrogens is 479 g/mol. The van der Waals surface area contributed by atoms with Crippen molar-refractivity contribution in [1.82, 2.24) is 15.6 Å². The van der Waals surface area contributed by atoms with Crippen molar-refractivity contribution in [3.05, 3.63) is 65.9 Å². The Hall–Kier alpha value is -2.55. The van der Waals surface area contributed by atoms with Crippen molar-refractivity contribution < 1.29 is 9.47 Å². The third-order valence-electron chi connectivity index (χ3n) is 4.40. The highest BCUT2D eigenvalue weighted by atomic mass is 127. The highest BCUT2D eigenvalue weighted by Gasteiger charge is 2.06. The van der Waals surface area contributed by atoms with Gasteiger partial charge in [-0.25, -0.2) is 4.99 Å². The van der Waals surface area contributed by atoms with E-state index in [0.717, 1.165) is 29.0 Å². The molecule has 1 aromatic heterocycles. The van der Waals surface area contributed by atoms with Crippen molar-refractivity contribution in [1.29, 1.82) is 0 Å². The Labute approximate surface area is 188 Å². The van der Waals surface area contributed by atoms with Crippen LogP contribution in [0.1, 0.15) is 18.1 Å². The van der Waals surface area contributed by atoms with Gasteiger partial charge in [-0.3, -0.25) is 4.98 Å². The number of rotatable bonds is 7. The van der Waals surface area contributed by atoms with Crippen molar-refractivity contribution in [2.75, 3.05) is 20.8 Å². The zero-order chi connectivity index (χ0) is 19.8. The Balaban J connectivity index is 0.00000300. The number of aromatic nitrogens is 1. The standard InChI is InChI=1S/C22H26N4O2.HI/c1-4-23-22(25-14-16-9-10-20(27-2)21(13-16)28-3)26-15-17-11-12-24-19-8-6-5-7-18(17)19;/h5-13H,4,14-15H2,1-3H3,(H2,23,25,26);1H. The van der Waals surface area contributed by atoms with E-state index in [1.165, 1.54) is 5.56 Å². The first-order valence-electron chi connectivity index (χ1n) is 9.31. The molecule has 0 atom stereocenters. The minimum absolute atomic E-state index is 0. The summed E-state index contributed by atoms with van der Waals surface area (Å²) in [6, 6.07) is 16.0. The maximum atomic E-state index is 5.37. The fourth-order valence-corrected chi connectivity index (χ4v) is 2.98. The van der Waals surface area contributed by atoms with Crippen LogP contribution in [0.15, 0.2) is 59.7 Å². The van der Waals surface area contributed by atoms with Gasteiger partial charge in [0.1, 0.15) is 0 Å². The molecule has 7 heteroatoms. The number of nitrogens with one attached hydrogen (secondary N) is 2. The van der Waals surface area contributed by atoms with Gasteiger partial charge in [-0.2, -0.15) is 0 Å². The first-order chi connectivity index (χ1) is 13.7. The van der Waals surface area contributed by atoms with E-state index in [9.17, 15) is 0 Å². The first-order valence-corrected chi connectivity index (χ1v) is 9.31. The van der Waals surface area contributed by atoms with Gasteiger partial charge in [-0.15, -0.1) is 24.0 Å². The number of fused-ring (bicyclic) bond motifs is 1. The second kappa shape index (κ2) is 11.5. The summed E-state index contributed by atoms with van der Waals surface area (Å²) < 4.78 is 10.7. The number of hydrogen-bond donors (Lipinski definition) is 2. The molecule has 0 amide bonds. The highest BCUT2D eigenvalue weighted by molar-refractivity contribution is 14.0. The normalized spacial score (nSPS) is 10.9. The van der Waals surface area contributed by atoms with Crippen LogP contribution in [0.5, 0.6) is 11.5 Å². The molecule has 0 aliphatic carbocycles. The summed E-state index contributed by atoms with van der Waals surface area (Å²) in [6.07, 6.45) is 1.84. The largest absolute Gasteiger partial charge is 0.493 e. The van der Waals surface area contributed by atoms with Crippen molar-refractivity contribution in [3.8, 4) is 11.5 Å². The van der Waals surface area contributed by atoms with E-state index >= 15 is 0 Å². The number of ether oxygens (including phenoxy) is 2. The van der Waals surface area contributed by atoms with Crippen LogP contribution >= 0.6 is 24.0 Å². The second-order valence-electron chi connectivity index (χ2n) is 6.23. The molecule has 0 fully saturated rings. The average molecular weight is 506 g/mol. The summed E-state index contributed by atoms with van der Waals surface area (Å²) >= 11 is 0. The van der Waals surface area contributed by atoms with Crippen LogP contribution in [-0.4, -0.2) is 31.7 Å². The van der Waals surface area contributed by atoms with Crippen LogP contribution in [0.4, 0.5) is 0 Å². The fourth-order valence-electron chi connectivity index (χ4n) is 2.98. The molecule has 29 heavy (non-hydrogen) atoms. The molecule has 3 aromatic rings. The van der Waals surface area contributed by atoms with Crippen LogP contribution < -0.4 is 20.1 Å². The van der Waals surface area contributed by atoms with Crippen molar-refractivity contribution in [3.63, 3.8) is 0 Å². The topological polar surface area (TPSA) is 67.8 Å². The molecule has 0 unspecified atom stereocenters. The van der Waals surface area contributed by atoms with Gasteiger partial charge in [-0.1, -0.05) is 24.3 Å². The zero-order valence-corrected chi connectivity index (χ0v) is 19.3. The van der Waals surface area contributed by atoms with Gasteiger partial charge in [0, 0.05) is 24.7 Å². The number of pyridine rings is 1. The molecule has 0 saturated heterocycles. The number of guanidine groups is 1. The minimum Gasteiger partial charge on any atom is -0.493 e. The predicted octanol–water partition coefficient (Wildman–Crippen LogP) is 4.13. The van der Waals surface area contributed by atoms with E-state index in [1.807, 2.05) is 48.7 Å². The quantitative estimate of drug-likeness (QED) is 0.287. The summed E-state index contributed by atoms with van der Waals surface area (Å²) in [7, 11) is 3.27. The number of aliphatic imine (C=N–C) groups is 1. The van der Waals surface area contributed by atoms with Crippen LogP contribution in [-0.2, 0) is 13.1 Å². The van der Waals surface area contributed by atoms with Crippen molar-refractivity contribution in [2.45, 2.75) is 20.0 Å². The molecule has 0 aliphatic heterocycles. The Bertz CT molecular complexity index is 957. The molecule has 0 spiro atoms. The van der Waals surface area contributed by atoms with Gasteiger partial charge in [0.2, 0.25) is 0 Å². The summed E-state index contributed by atoms with van der Waals surface area (Å²) in [5, 5.41) is 7.84. The molecule has 0 bridgehead atoms. The lowest BCUT2D eigenvalue weighted by molar-refractivity contribution is 0.354. The summed E-state index contributed by atoms with van der Waals surface area (Å²) in [4.78, 5) is 9.11. The van der Waals surface area contributed by atoms with Gasteiger partial charge in [0.15, 0.2) is 17.5 Å². The Morgan fingerprint density at radius 2 is 1.79 bits per heavy atom. The number of para-hydroxylation sites is 1. The average Bonchev–Trinajstić information content (AvgIpc) is 2.75. The first kappa shape index (κ1) is 22.7. The van der Waals surface area contributed by atoms with Gasteiger partial charge < -0.3 is 20.1 Å². The zero-order valence-electron chi connectivity index (χ0n) is 16.9. The van der Waals surface area contributed by atoms with Gasteiger partial charge >= 0.3 is 0 Å². The number of benzene rings is 2. The molecule has 2 aromatic carbocycles. The lowest BCUT2D eigenvalue weighted by Gasteiger charge is -2.13. The number of hydrogen-bond acceptors (Lipinski definition) is 4. The molecule has 3 rings (SSSR count). The summed E-state index contributed by atoms with van der Waals surface area (Å²) in [5.74, 6) is 2.18. The van der Waals surface area contributed by atoms with E-state index in [-0.39, 0.29) is 24.0 Å². The van der Waals surface area contributed by atoms with Crippen LogP contribution in [0.3, 0.4) is 0 Å². The summed E-state index contributed by atoms with van der Waals surface area (Å²) in [5.41, 5.74) is 3.22. The fraction of sp³-hybridized carbons (Fsp3) is 0.273. The van der Waals surface area contributed by atoms with E-state index < -0.39 is 0 Å². The van der Waals surface area contributed by atoms with Gasteiger partial charge in [0.05, 0.1) is 26.3 Å². The molecule has 0 aliphatic rings. The summed E-state index contributed by atoms with van der Waals surface area (Å²) in [6.45, 7) is 4.04. The van der Waals surface area contributed by atoms with Crippen LogP contribution in [0.25, 0.3) is 10.9 Å². The molecule has 154 valence electrons. The van der Waals surface area contributed by atoms with Crippen LogP contribution in [0, 0.1) is 0 Å².